The summed E-state index contributed by atoms with van der Waals surface area (Å²) in [4.78, 5) is 0. The van der Waals surface area contributed by atoms with Crippen molar-refractivity contribution in [2.24, 2.45) is 0 Å². The SMILES string of the molecule is CNCCc1cc2c(c(C)c1C)OCCO2. The molecule has 16 heavy (non-hydrogen) atoms. The Morgan fingerprint density at radius 3 is 2.69 bits per heavy atom. The van der Waals surface area contributed by atoms with Gasteiger partial charge in [-0.25, -0.2) is 0 Å². The molecule has 0 saturated carbocycles. The number of fused-ring (bicyclic) bond motifs is 1. The van der Waals surface area contributed by atoms with Crippen LogP contribution in [0.4, 0.5) is 0 Å². The molecule has 1 aliphatic heterocycles. The standard InChI is InChI=1S/C13H19NO2/c1-9-10(2)13-12(15-6-7-16-13)8-11(9)4-5-14-3/h8,14H,4-7H2,1-3H3. The average molecular weight is 221 g/mol. The Morgan fingerprint density at radius 2 is 1.94 bits per heavy atom. The van der Waals surface area contributed by atoms with Crippen LogP contribution in [0.2, 0.25) is 0 Å². The number of ether oxygens (including phenoxy) is 2. The molecular formula is C13H19NO2. The minimum atomic E-state index is 0.654. The highest BCUT2D eigenvalue weighted by Gasteiger charge is 2.17. The fourth-order valence-corrected chi connectivity index (χ4v) is 2.03. The maximum Gasteiger partial charge on any atom is 0.164 e. The predicted molar refractivity (Wildman–Crippen MR) is 64.5 cm³/mol. The summed E-state index contributed by atoms with van der Waals surface area (Å²) in [5.74, 6) is 1.83. The van der Waals surface area contributed by atoms with Gasteiger partial charge >= 0.3 is 0 Å². The molecule has 0 aromatic heterocycles. The van der Waals surface area contributed by atoms with E-state index in [1.807, 2.05) is 7.05 Å². The van der Waals surface area contributed by atoms with Crippen molar-refractivity contribution < 1.29 is 9.47 Å². The maximum absolute atomic E-state index is 5.65. The van der Waals surface area contributed by atoms with Crippen molar-refractivity contribution in [3.8, 4) is 11.5 Å². The Morgan fingerprint density at radius 1 is 1.19 bits per heavy atom. The summed E-state index contributed by atoms with van der Waals surface area (Å²) in [5.41, 5.74) is 3.87. The van der Waals surface area contributed by atoms with Crippen LogP contribution in [0.1, 0.15) is 16.7 Å². The molecular weight excluding hydrogens is 202 g/mol. The molecule has 88 valence electrons. The second-order valence-electron chi connectivity index (χ2n) is 4.16. The third-order valence-corrected chi connectivity index (χ3v) is 3.15. The second-order valence-corrected chi connectivity index (χ2v) is 4.16. The van der Waals surface area contributed by atoms with Crippen molar-refractivity contribution in [3.63, 3.8) is 0 Å². The van der Waals surface area contributed by atoms with E-state index in [9.17, 15) is 0 Å². The van der Waals surface area contributed by atoms with Gasteiger partial charge in [0.15, 0.2) is 11.5 Å². The minimum absolute atomic E-state index is 0.654. The quantitative estimate of drug-likeness (QED) is 0.844. The van der Waals surface area contributed by atoms with Gasteiger partial charge in [0.05, 0.1) is 0 Å². The molecule has 1 aromatic rings. The first-order valence-electron chi connectivity index (χ1n) is 5.77. The van der Waals surface area contributed by atoms with Gasteiger partial charge in [-0.05, 0) is 56.6 Å². The van der Waals surface area contributed by atoms with Gasteiger partial charge in [0.25, 0.3) is 0 Å². The van der Waals surface area contributed by atoms with Gasteiger partial charge in [-0.1, -0.05) is 0 Å². The Kier molecular flexibility index (Phi) is 3.34. The highest BCUT2D eigenvalue weighted by Crippen LogP contribution is 2.37. The van der Waals surface area contributed by atoms with Gasteiger partial charge < -0.3 is 14.8 Å². The van der Waals surface area contributed by atoms with E-state index >= 15 is 0 Å². The summed E-state index contributed by atoms with van der Waals surface area (Å²) in [6.07, 6.45) is 1.03. The average Bonchev–Trinajstić information content (AvgIpc) is 2.32. The molecule has 1 heterocycles. The monoisotopic (exact) mass is 221 g/mol. The molecule has 0 atom stereocenters. The van der Waals surface area contributed by atoms with Gasteiger partial charge in [-0.2, -0.15) is 0 Å². The van der Waals surface area contributed by atoms with Gasteiger partial charge in [0.2, 0.25) is 0 Å². The van der Waals surface area contributed by atoms with Crippen LogP contribution in [0.25, 0.3) is 0 Å². The molecule has 0 bridgehead atoms. The summed E-state index contributed by atoms with van der Waals surface area (Å²) in [7, 11) is 1.97. The normalized spacial score (nSPS) is 13.9. The van der Waals surface area contributed by atoms with Crippen LogP contribution in [-0.2, 0) is 6.42 Å². The topological polar surface area (TPSA) is 30.5 Å². The summed E-state index contributed by atoms with van der Waals surface area (Å²) < 4.78 is 11.3. The lowest BCUT2D eigenvalue weighted by Gasteiger charge is -2.23. The van der Waals surface area contributed by atoms with E-state index in [4.69, 9.17) is 9.47 Å². The van der Waals surface area contributed by atoms with Gasteiger partial charge in [0.1, 0.15) is 13.2 Å². The molecule has 3 heteroatoms. The van der Waals surface area contributed by atoms with E-state index in [1.165, 1.54) is 16.7 Å². The molecule has 0 spiro atoms. The maximum atomic E-state index is 5.65. The largest absolute Gasteiger partial charge is 0.486 e. The zero-order chi connectivity index (χ0) is 11.5. The van der Waals surface area contributed by atoms with E-state index in [2.05, 4.69) is 25.2 Å². The fourth-order valence-electron chi connectivity index (χ4n) is 2.03. The Labute approximate surface area is 96.8 Å². The number of rotatable bonds is 3. The van der Waals surface area contributed by atoms with Crippen molar-refractivity contribution in [1.82, 2.24) is 5.32 Å². The van der Waals surface area contributed by atoms with Crippen LogP contribution in [0, 0.1) is 13.8 Å². The Balaban J connectivity index is 2.36. The molecule has 0 radical (unpaired) electrons. The van der Waals surface area contributed by atoms with Crippen molar-refractivity contribution in [3.05, 3.63) is 22.8 Å². The minimum Gasteiger partial charge on any atom is -0.486 e. The first-order valence-corrected chi connectivity index (χ1v) is 5.77. The van der Waals surface area contributed by atoms with Crippen molar-refractivity contribution >= 4 is 0 Å². The number of nitrogens with one attached hydrogen (secondary N) is 1. The molecule has 0 fully saturated rings. The smallest absolute Gasteiger partial charge is 0.164 e. The summed E-state index contributed by atoms with van der Waals surface area (Å²) in [5, 5.41) is 3.17. The lowest BCUT2D eigenvalue weighted by atomic mass is 9.99. The van der Waals surface area contributed by atoms with Crippen LogP contribution >= 0.6 is 0 Å². The zero-order valence-corrected chi connectivity index (χ0v) is 10.2. The van der Waals surface area contributed by atoms with Crippen LogP contribution in [0.5, 0.6) is 11.5 Å². The van der Waals surface area contributed by atoms with E-state index in [1.54, 1.807) is 0 Å². The van der Waals surface area contributed by atoms with Crippen LogP contribution in [-0.4, -0.2) is 26.8 Å². The third-order valence-electron chi connectivity index (χ3n) is 3.15. The molecule has 2 rings (SSSR count). The van der Waals surface area contributed by atoms with Gasteiger partial charge in [-0.3, -0.25) is 0 Å². The Bertz CT molecular complexity index is 388. The van der Waals surface area contributed by atoms with E-state index in [0.717, 1.165) is 24.5 Å². The van der Waals surface area contributed by atoms with Crippen molar-refractivity contribution in [2.75, 3.05) is 26.8 Å². The van der Waals surface area contributed by atoms with Crippen LogP contribution in [0.3, 0.4) is 0 Å². The number of hydrogen-bond donors (Lipinski definition) is 1. The summed E-state index contributed by atoms with van der Waals surface area (Å²) in [6, 6.07) is 2.12. The van der Waals surface area contributed by atoms with Crippen LogP contribution < -0.4 is 14.8 Å². The molecule has 1 aromatic carbocycles. The predicted octanol–water partition coefficient (Wildman–Crippen LogP) is 1.84. The lowest BCUT2D eigenvalue weighted by Crippen LogP contribution is -2.18. The van der Waals surface area contributed by atoms with Gasteiger partial charge in [0, 0.05) is 0 Å². The van der Waals surface area contributed by atoms with E-state index in [-0.39, 0.29) is 0 Å². The molecule has 0 unspecified atom stereocenters. The number of hydrogen-bond acceptors (Lipinski definition) is 3. The third kappa shape index (κ3) is 2.00. The number of likely N-dealkylation sites (N-methyl/N-ethyl adjacent to an activating group) is 1. The molecule has 0 aliphatic carbocycles. The van der Waals surface area contributed by atoms with Crippen LogP contribution in [0.15, 0.2) is 6.07 Å². The highest BCUT2D eigenvalue weighted by atomic mass is 16.6. The lowest BCUT2D eigenvalue weighted by molar-refractivity contribution is 0.170. The van der Waals surface area contributed by atoms with Crippen molar-refractivity contribution in [2.45, 2.75) is 20.3 Å². The molecule has 3 nitrogen and oxygen atoms in total. The Hall–Kier alpha value is -1.22. The summed E-state index contributed by atoms with van der Waals surface area (Å²) >= 11 is 0. The van der Waals surface area contributed by atoms with E-state index in [0.29, 0.717) is 13.2 Å². The molecule has 0 saturated heterocycles. The highest BCUT2D eigenvalue weighted by molar-refractivity contribution is 5.54. The molecule has 1 N–H and O–H groups in total. The van der Waals surface area contributed by atoms with Gasteiger partial charge in [-0.15, -0.1) is 0 Å². The second kappa shape index (κ2) is 4.74. The zero-order valence-electron chi connectivity index (χ0n) is 10.2. The first kappa shape index (κ1) is 11.3. The van der Waals surface area contributed by atoms with E-state index < -0.39 is 0 Å². The summed E-state index contributed by atoms with van der Waals surface area (Å²) in [6.45, 7) is 6.55. The molecule has 1 aliphatic rings. The number of benzene rings is 1. The fraction of sp³-hybridized carbons (Fsp3) is 0.538. The first-order chi connectivity index (χ1) is 7.74. The molecule has 0 amide bonds. The van der Waals surface area contributed by atoms with Crippen molar-refractivity contribution in [1.29, 1.82) is 0 Å².